The number of carbonyl (C=O) groups excluding carboxylic acids is 2. The van der Waals surface area contributed by atoms with Gasteiger partial charge in [0, 0.05) is 5.02 Å². The Kier molecular flexibility index (Phi) is 6.05. The minimum atomic E-state index is -0.589. The summed E-state index contributed by atoms with van der Waals surface area (Å²) < 4.78 is 6.25. The summed E-state index contributed by atoms with van der Waals surface area (Å²) in [4.78, 5) is 24.2. The van der Waals surface area contributed by atoms with Gasteiger partial charge in [0.15, 0.2) is 0 Å². The first kappa shape index (κ1) is 18.9. The first-order valence-electron chi connectivity index (χ1n) is 7.73. The highest BCUT2D eigenvalue weighted by Gasteiger charge is 2.16. The maximum atomic E-state index is 12.3. The number of hydrogen-bond donors (Lipinski definition) is 1. The third-order valence-electron chi connectivity index (χ3n) is 3.44. The summed E-state index contributed by atoms with van der Waals surface area (Å²) in [6.45, 7) is 0. The lowest BCUT2D eigenvalue weighted by atomic mass is 10.2. The molecule has 8 nitrogen and oxygen atoms in total. The first-order valence-corrected chi connectivity index (χ1v) is 9.09. The normalized spacial score (nSPS) is 10.4. The van der Waals surface area contributed by atoms with Crippen LogP contribution < -0.4 is 5.32 Å². The number of esters is 1. The van der Waals surface area contributed by atoms with Gasteiger partial charge in [0.05, 0.1) is 29.8 Å². The van der Waals surface area contributed by atoms with E-state index >= 15 is 0 Å². The minimum absolute atomic E-state index is 0.0520. The summed E-state index contributed by atoms with van der Waals surface area (Å²) in [5.41, 5.74) is 1.29. The summed E-state index contributed by atoms with van der Waals surface area (Å²) >= 11 is 7.08. The number of rotatable bonds is 6. The monoisotopic (exact) mass is 403 g/mol. The van der Waals surface area contributed by atoms with Crippen molar-refractivity contribution < 1.29 is 14.3 Å². The minimum Gasteiger partial charge on any atom is -0.465 e. The molecule has 10 heteroatoms. The van der Waals surface area contributed by atoms with Gasteiger partial charge < -0.3 is 10.1 Å². The molecule has 3 rings (SSSR count). The van der Waals surface area contributed by atoms with Gasteiger partial charge in [-0.05, 0) is 40.8 Å². The molecule has 1 heterocycles. The van der Waals surface area contributed by atoms with Crippen LogP contribution in [0, 0.1) is 0 Å². The second-order valence-corrected chi connectivity index (χ2v) is 6.61. The molecular weight excluding hydrogens is 390 g/mol. The van der Waals surface area contributed by atoms with E-state index < -0.39 is 5.97 Å². The molecule has 0 spiro atoms. The average Bonchev–Trinajstić information content (AvgIpc) is 3.16. The molecule has 1 aromatic heterocycles. The average molecular weight is 404 g/mol. The fourth-order valence-corrected chi connectivity index (χ4v) is 3.08. The molecule has 0 radical (unpaired) electrons. The SMILES string of the molecule is COC(=O)c1cc(Cl)ccc1NC(=O)CSc1nnnn1-c1ccccc1. The van der Waals surface area contributed by atoms with Crippen LogP contribution in [-0.2, 0) is 9.53 Å². The van der Waals surface area contributed by atoms with Gasteiger partial charge in [-0.15, -0.1) is 5.10 Å². The van der Waals surface area contributed by atoms with E-state index in [1.807, 2.05) is 30.3 Å². The molecule has 0 saturated heterocycles. The zero-order chi connectivity index (χ0) is 19.2. The fraction of sp³-hybridized carbons (Fsp3) is 0.118. The van der Waals surface area contributed by atoms with Crippen LogP contribution in [0.4, 0.5) is 5.69 Å². The number of methoxy groups -OCH3 is 1. The molecule has 0 unspecified atom stereocenters. The van der Waals surface area contributed by atoms with Crippen molar-refractivity contribution in [2.45, 2.75) is 5.16 Å². The van der Waals surface area contributed by atoms with Gasteiger partial charge in [0.2, 0.25) is 11.1 Å². The van der Waals surface area contributed by atoms with E-state index in [9.17, 15) is 9.59 Å². The number of halogens is 1. The number of para-hydroxylation sites is 1. The molecule has 0 saturated carbocycles. The van der Waals surface area contributed by atoms with E-state index in [-0.39, 0.29) is 17.2 Å². The van der Waals surface area contributed by atoms with Gasteiger partial charge in [0.1, 0.15) is 0 Å². The number of anilines is 1. The number of carbonyl (C=O) groups is 2. The van der Waals surface area contributed by atoms with Gasteiger partial charge in [-0.1, -0.05) is 41.6 Å². The second-order valence-electron chi connectivity index (χ2n) is 5.23. The predicted octanol–water partition coefficient (Wildman–Crippen LogP) is 2.83. The predicted molar refractivity (Wildman–Crippen MR) is 101 cm³/mol. The lowest BCUT2D eigenvalue weighted by Gasteiger charge is -2.10. The highest BCUT2D eigenvalue weighted by Crippen LogP contribution is 2.23. The van der Waals surface area contributed by atoms with Crippen molar-refractivity contribution in [3.8, 4) is 5.69 Å². The third-order valence-corrected chi connectivity index (χ3v) is 4.59. The van der Waals surface area contributed by atoms with Crippen molar-refractivity contribution >= 4 is 40.9 Å². The van der Waals surface area contributed by atoms with Crippen molar-refractivity contribution in [1.82, 2.24) is 20.2 Å². The summed E-state index contributed by atoms with van der Waals surface area (Å²) in [7, 11) is 1.26. The van der Waals surface area contributed by atoms with E-state index in [1.54, 1.807) is 16.8 Å². The van der Waals surface area contributed by atoms with Crippen LogP contribution >= 0.6 is 23.4 Å². The van der Waals surface area contributed by atoms with Crippen LogP contribution in [0.2, 0.25) is 5.02 Å². The molecule has 27 heavy (non-hydrogen) atoms. The van der Waals surface area contributed by atoms with Crippen molar-refractivity contribution in [3.05, 3.63) is 59.1 Å². The number of aromatic nitrogens is 4. The number of ether oxygens (including phenoxy) is 1. The molecule has 0 fully saturated rings. The van der Waals surface area contributed by atoms with E-state index in [0.717, 1.165) is 5.69 Å². The first-order chi connectivity index (χ1) is 13.1. The summed E-state index contributed by atoms with van der Waals surface area (Å²) in [6.07, 6.45) is 0. The molecule has 2 aromatic carbocycles. The van der Waals surface area contributed by atoms with Crippen molar-refractivity contribution in [2.24, 2.45) is 0 Å². The van der Waals surface area contributed by atoms with Crippen LogP contribution in [0.1, 0.15) is 10.4 Å². The zero-order valence-electron chi connectivity index (χ0n) is 14.1. The van der Waals surface area contributed by atoms with Gasteiger partial charge in [-0.25, -0.2) is 4.79 Å². The lowest BCUT2D eigenvalue weighted by Crippen LogP contribution is -2.17. The molecule has 0 aliphatic carbocycles. The molecule has 0 aliphatic rings. The maximum absolute atomic E-state index is 12.3. The van der Waals surface area contributed by atoms with E-state index in [1.165, 1.54) is 24.9 Å². The van der Waals surface area contributed by atoms with Gasteiger partial charge in [-0.2, -0.15) is 4.68 Å². The standard InChI is InChI=1S/C17H14ClN5O3S/c1-26-16(25)13-9-11(18)7-8-14(13)19-15(24)10-27-17-20-21-22-23(17)12-5-3-2-4-6-12/h2-9H,10H2,1H3,(H,19,24). The Morgan fingerprint density at radius 3 is 2.74 bits per heavy atom. The molecule has 0 bridgehead atoms. The Labute approximate surface area is 163 Å². The maximum Gasteiger partial charge on any atom is 0.340 e. The van der Waals surface area contributed by atoms with Gasteiger partial charge >= 0.3 is 5.97 Å². The highest BCUT2D eigenvalue weighted by molar-refractivity contribution is 7.99. The number of amides is 1. The number of thioether (sulfide) groups is 1. The van der Waals surface area contributed by atoms with Crippen LogP contribution in [0.15, 0.2) is 53.7 Å². The Balaban J connectivity index is 1.68. The molecule has 0 atom stereocenters. The van der Waals surface area contributed by atoms with Crippen LogP contribution in [0.3, 0.4) is 0 Å². The number of nitrogens with one attached hydrogen (secondary N) is 1. The molecular formula is C17H14ClN5O3S. The van der Waals surface area contributed by atoms with Crippen LogP contribution in [0.5, 0.6) is 0 Å². The number of benzene rings is 2. The number of tetrazole rings is 1. The highest BCUT2D eigenvalue weighted by atomic mass is 35.5. The van der Waals surface area contributed by atoms with Crippen LogP contribution in [-0.4, -0.2) is 44.9 Å². The summed E-state index contributed by atoms with van der Waals surface area (Å²) in [5, 5.41) is 15.0. The summed E-state index contributed by atoms with van der Waals surface area (Å²) in [6, 6.07) is 13.9. The molecule has 3 aromatic rings. The Morgan fingerprint density at radius 2 is 2.00 bits per heavy atom. The zero-order valence-corrected chi connectivity index (χ0v) is 15.7. The topological polar surface area (TPSA) is 99.0 Å². The third kappa shape index (κ3) is 4.63. The largest absolute Gasteiger partial charge is 0.465 e. The van der Waals surface area contributed by atoms with Crippen molar-refractivity contribution in [3.63, 3.8) is 0 Å². The molecule has 1 N–H and O–H groups in total. The quantitative estimate of drug-likeness (QED) is 0.499. The van der Waals surface area contributed by atoms with E-state index in [4.69, 9.17) is 16.3 Å². The molecule has 1 amide bonds. The van der Waals surface area contributed by atoms with Crippen molar-refractivity contribution in [1.29, 1.82) is 0 Å². The summed E-state index contributed by atoms with van der Waals surface area (Å²) in [5.74, 6) is -0.861. The molecule has 0 aliphatic heterocycles. The smallest absolute Gasteiger partial charge is 0.340 e. The van der Waals surface area contributed by atoms with E-state index in [0.29, 0.717) is 15.9 Å². The van der Waals surface area contributed by atoms with Gasteiger partial charge in [-0.3, -0.25) is 4.79 Å². The Bertz CT molecular complexity index is 964. The van der Waals surface area contributed by atoms with Gasteiger partial charge in [0.25, 0.3) is 0 Å². The Hall–Kier alpha value is -2.91. The van der Waals surface area contributed by atoms with Crippen LogP contribution in [0.25, 0.3) is 5.69 Å². The fourth-order valence-electron chi connectivity index (χ4n) is 2.22. The number of hydrogen-bond acceptors (Lipinski definition) is 7. The Morgan fingerprint density at radius 1 is 1.22 bits per heavy atom. The number of nitrogens with zero attached hydrogens (tertiary/aromatic N) is 4. The molecule has 138 valence electrons. The van der Waals surface area contributed by atoms with E-state index in [2.05, 4.69) is 20.8 Å². The lowest BCUT2D eigenvalue weighted by molar-refractivity contribution is -0.113. The second kappa shape index (κ2) is 8.65. The van der Waals surface area contributed by atoms with Crippen molar-refractivity contribution in [2.75, 3.05) is 18.2 Å².